The van der Waals surface area contributed by atoms with Gasteiger partial charge in [-0.3, -0.25) is 9.78 Å². The normalized spacial score (nSPS) is 11.3. The molecule has 0 saturated heterocycles. The van der Waals surface area contributed by atoms with Crippen molar-refractivity contribution in [3.63, 3.8) is 0 Å². The van der Waals surface area contributed by atoms with Gasteiger partial charge < -0.3 is 15.4 Å². The molecule has 0 amide bonds. The predicted octanol–water partition coefficient (Wildman–Crippen LogP) is 4.68. The van der Waals surface area contributed by atoms with E-state index in [-0.39, 0.29) is 23.1 Å². The summed E-state index contributed by atoms with van der Waals surface area (Å²) < 4.78 is 14.4. The van der Waals surface area contributed by atoms with Crippen LogP contribution in [0.3, 0.4) is 0 Å². The number of hydrogen-bond donors (Lipinski definition) is 4. The third-order valence-corrected chi connectivity index (χ3v) is 4.74. The van der Waals surface area contributed by atoms with E-state index in [1.807, 2.05) is 13.8 Å². The molecule has 4 rings (SSSR count). The van der Waals surface area contributed by atoms with E-state index in [4.69, 9.17) is 11.6 Å². The van der Waals surface area contributed by atoms with Crippen molar-refractivity contribution in [1.29, 1.82) is 0 Å². The first-order chi connectivity index (χ1) is 13.8. The van der Waals surface area contributed by atoms with E-state index in [2.05, 4.69) is 25.3 Å². The minimum absolute atomic E-state index is 0.0200. The lowest BCUT2D eigenvalue weighted by Crippen LogP contribution is -2.15. The number of anilines is 2. The lowest BCUT2D eigenvalue weighted by Gasteiger charge is -2.16. The van der Waals surface area contributed by atoms with E-state index < -0.39 is 11.4 Å². The molecule has 0 radical (unpaired) electrons. The van der Waals surface area contributed by atoms with Crippen LogP contribution >= 0.6 is 11.6 Å². The Balaban J connectivity index is 1.89. The van der Waals surface area contributed by atoms with Crippen molar-refractivity contribution in [2.75, 3.05) is 5.32 Å². The summed E-state index contributed by atoms with van der Waals surface area (Å²) in [7, 11) is 0. The lowest BCUT2D eigenvalue weighted by molar-refractivity contribution is 0.438. The van der Waals surface area contributed by atoms with Gasteiger partial charge in [0.15, 0.2) is 5.65 Å². The summed E-state index contributed by atoms with van der Waals surface area (Å²) in [6.07, 6.45) is 1.56. The predicted molar refractivity (Wildman–Crippen MR) is 110 cm³/mol. The number of nitrogens with zero attached hydrogens (tertiary/aromatic N) is 2. The minimum Gasteiger partial charge on any atom is -0.480 e. The summed E-state index contributed by atoms with van der Waals surface area (Å²) in [6, 6.07) is 7.08. The molecule has 7 nitrogen and oxygen atoms in total. The zero-order chi connectivity index (χ0) is 20.7. The van der Waals surface area contributed by atoms with Crippen molar-refractivity contribution >= 4 is 34.1 Å². The van der Waals surface area contributed by atoms with Crippen LogP contribution in [0, 0.1) is 5.82 Å². The topological polar surface area (TPSA) is 107 Å². The van der Waals surface area contributed by atoms with Crippen molar-refractivity contribution < 1.29 is 9.50 Å². The first-order valence-electron chi connectivity index (χ1n) is 8.87. The summed E-state index contributed by atoms with van der Waals surface area (Å²) in [6.45, 7) is 3.86. The summed E-state index contributed by atoms with van der Waals surface area (Å²) in [5, 5.41) is 13.2. The highest BCUT2D eigenvalue weighted by molar-refractivity contribution is 6.30. The number of aromatic amines is 2. The van der Waals surface area contributed by atoms with E-state index in [9.17, 15) is 14.3 Å². The van der Waals surface area contributed by atoms with Gasteiger partial charge in [-0.05, 0) is 36.2 Å². The zero-order valence-corrected chi connectivity index (χ0v) is 16.3. The van der Waals surface area contributed by atoms with Crippen molar-refractivity contribution in [2.24, 2.45) is 0 Å². The molecule has 29 heavy (non-hydrogen) atoms. The molecule has 0 aliphatic rings. The van der Waals surface area contributed by atoms with E-state index >= 15 is 0 Å². The van der Waals surface area contributed by atoms with Crippen LogP contribution in [0.5, 0.6) is 6.01 Å². The third-order valence-electron chi connectivity index (χ3n) is 4.51. The number of hydrogen-bond acceptors (Lipinski definition) is 5. The van der Waals surface area contributed by atoms with Gasteiger partial charge >= 0.3 is 0 Å². The van der Waals surface area contributed by atoms with Gasteiger partial charge in [0, 0.05) is 22.5 Å². The fourth-order valence-electron chi connectivity index (χ4n) is 3.15. The molecule has 4 aromatic rings. The fraction of sp³-hybridized carbons (Fsp3) is 0.150. The Morgan fingerprint density at radius 3 is 2.69 bits per heavy atom. The van der Waals surface area contributed by atoms with Crippen LogP contribution in [0.2, 0.25) is 5.02 Å². The van der Waals surface area contributed by atoms with Gasteiger partial charge in [-0.1, -0.05) is 25.4 Å². The minimum atomic E-state index is -0.549. The number of halogens is 2. The number of benzene rings is 1. The first kappa shape index (κ1) is 18.9. The van der Waals surface area contributed by atoms with Gasteiger partial charge in [0.2, 0.25) is 0 Å². The molecular formula is C20H17ClFN5O2. The molecule has 0 aliphatic carbocycles. The van der Waals surface area contributed by atoms with Gasteiger partial charge in [-0.2, -0.15) is 4.98 Å². The number of pyridine rings is 2. The highest BCUT2D eigenvalue weighted by Gasteiger charge is 2.17. The van der Waals surface area contributed by atoms with Gasteiger partial charge in [-0.25, -0.2) is 9.37 Å². The van der Waals surface area contributed by atoms with E-state index in [1.165, 1.54) is 18.2 Å². The van der Waals surface area contributed by atoms with Crippen LogP contribution in [0.4, 0.5) is 15.8 Å². The highest BCUT2D eigenvalue weighted by Crippen LogP contribution is 2.32. The van der Waals surface area contributed by atoms with Crippen molar-refractivity contribution in [1.82, 2.24) is 19.9 Å². The molecule has 3 aromatic heterocycles. The molecule has 0 atom stereocenters. The second kappa shape index (κ2) is 7.21. The van der Waals surface area contributed by atoms with Gasteiger partial charge in [0.1, 0.15) is 11.3 Å². The number of aromatic hydroxyl groups is 1. The molecule has 0 bridgehead atoms. The van der Waals surface area contributed by atoms with E-state index in [1.54, 1.807) is 18.3 Å². The second-order valence-electron chi connectivity index (χ2n) is 6.86. The molecular weight excluding hydrogens is 397 g/mol. The maximum atomic E-state index is 14.4. The number of imidazole rings is 1. The van der Waals surface area contributed by atoms with Gasteiger partial charge in [-0.15, -0.1) is 0 Å². The lowest BCUT2D eigenvalue weighted by atomic mass is 10.0. The number of nitrogens with one attached hydrogen (secondary N) is 3. The molecule has 0 fully saturated rings. The second-order valence-corrected chi connectivity index (χ2v) is 7.30. The maximum absolute atomic E-state index is 14.4. The molecule has 0 spiro atoms. The van der Waals surface area contributed by atoms with Gasteiger partial charge in [0.05, 0.1) is 16.9 Å². The summed E-state index contributed by atoms with van der Waals surface area (Å²) in [5.74, 6) is -0.569. The molecule has 0 aliphatic heterocycles. The monoisotopic (exact) mass is 413 g/mol. The molecule has 3 heterocycles. The summed E-state index contributed by atoms with van der Waals surface area (Å²) >= 11 is 6.00. The van der Waals surface area contributed by atoms with Crippen LogP contribution in [-0.2, 0) is 0 Å². The summed E-state index contributed by atoms with van der Waals surface area (Å²) in [4.78, 5) is 26.3. The van der Waals surface area contributed by atoms with Gasteiger partial charge in [0.25, 0.3) is 11.6 Å². The van der Waals surface area contributed by atoms with Crippen LogP contribution in [-0.4, -0.2) is 25.0 Å². The fourth-order valence-corrected chi connectivity index (χ4v) is 3.32. The molecule has 1 aromatic carbocycles. The van der Waals surface area contributed by atoms with E-state index in [0.717, 1.165) is 0 Å². The molecule has 9 heteroatoms. The highest BCUT2D eigenvalue weighted by atomic mass is 35.5. The van der Waals surface area contributed by atoms with E-state index in [0.29, 0.717) is 33.3 Å². The Hall–Kier alpha value is -3.39. The van der Waals surface area contributed by atoms with Crippen LogP contribution in [0.25, 0.3) is 22.3 Å². The Labute approximate surface area is 169 Å². The average Bonchev–Trinajstić information content (AvgIpc) is 3.06. The van der Waals surface area contributed by atoms with Crippen molar-refractivity contribution in [2.45, 2.75) is 19.8 Å². The van der Waals surface area contributed by atoms with Crippen molar-refractivity contribution in [3.8, 4) is 17.1 Å². The number of rotatable bonds is 4. The molecule has 0 saturated carbocycles. The Bertz CT molecular complexity index is 1280. The number of aromatic nitrogens is 4. The van der Waals surface area contributed by atoms with Crippen LogP contribution in [0.15, 0.2) is 41.3 Å². The molecule has 4 N–H and O–H groups in total. The quantitative estimate of drug-likeness (QED) is 0.388. The number of H-pyrrole nitrogens is 2. The first-order valence-corrected chi connectivity index (χ1v) is 9.24. The Morgan fingerprint density at radius 1 is 1.14 bits per heavy atom. The Morgan fingerprint density at radius 2 is 1.93 bits per heavy atom. The summed E-state index contributed by atoms with van der Waals surface area (Å²) in [5.41, 5.74) is 2.46. The molecule has 148 valence electrons. The molecule has 0 unspecified atom stereocenters. The standard InChI is InChI=1S/C20H17ClFN5O2/c1-9(2)16-15(24-14-5-6-23-18-17(14)26-20(29)27-18)8-12(19(28)25-16)11-7-10(21)3-4-13(11)22/h3-9H,1-2H3,(H,25,28)(H3,23,24,26,27,29). The third kappa shape index (κ3) is 3.54. The van der Waals surface area contributed by atoms with Crippen molar-refractivity contribution in [3.05, 3.63) is 63.4 Å². The number of fused-ring (bicyclic) bond motifs is 1. The van der Waals surface area contributed by atoms with Crippen LogP contribution < -0.4 is 10.9 Å². The Kier molecular flexibility index (Phi) is 4.71. The average molecular weight is 414 g/mol. The maximum Gasteiger partial charge on any atom is 0.293 e. The smallest absolute Gasteiger partial charge is 0.293 e. The van der Waals surface area contributed by atoms with Crippen LogP contribution in [0.1, 0.15) is 25.5 Å². The SMILES string of the molecule is CC(C)c1[nH]c(=O)c(-c2cc(Cl)ccc2F)cc1Nc1ccnc2[nH]c(O)nc12. The largest absolute Gasteiger partial charge is 0.480 e. The zero-order valence-electron chi connectivity index (χ0n) is 15.5.